The number of rotatable bonds is 38. The van der Waals surface area contributed by atoms with Crippen molar-refractivity contribution in [3.63, 3.8) is 0 Å². The van der Waals surface area contributed by atoms with Gasteiger partial charge in [-0.3, -0.25) is 14.4 Å². The van der Waals surface area contributed by atoms with Crippen LogP contribution in [0.4, 0.5) is 0 Å². The highest BCUT2D eigenvalue weighted by Gasteiger charge is 2.19. The molecule has 0 saturated carbocycles. The summed E-state index contributed by atoms with van der Waals surface area (Å²) in [6.45, 7) is 6.17. The zero-order chi connectivity index (χ0) is 43.7. The smallest absolute Gasteiger partial charge is 0.306 e. The molecule has 0 radical (unpaired) electrons. The van der Waals surface area contributed by atoms with E-state index in [4.69, 9.17) is 14.2 Å². The average Bonchev–Trinajstić information content (AvgIpc) is 3.24. The average molecular weight is 825 g/mol. The molecule has 6 nitrogen and oxygen atoms in total. The Labute approximate surface area is 366 Å². The molecule has 0 fully saturated rings. The summed E-state index contributed by atoms with van der Waals surface area (Å²) in [5.74, 6) is -1.12. The number of hydrogen-bond acceptors (Lipinski definition) is 6. The maximum atomic E-state index is 12.7. The Kier molecular flexibility index (Phi) is 43.3. The topological polar surface area (TPSA) is 78.9 Å². The second-order valence-corrected chi connectivity index (χ2v) is 14.3. The van der Waals surface area contributed by atoms with E-state index in [0.29, 0.717) is 19.3 Å². The lowest BCUT2D eigenvalue weighted by Crippen LogP contribution is -2.30. The van der Waals surface area contributed by atoms with Crippen molar-refractivity contribution >= 4 is 17.9 Å². The van der Waals surface area contributed by atoms with E-state index in [1.54, 1.807) is 0 Å². The van der Waals surface area contributed by atoms with Gasteiger partial charge in [-0.25, -0.2) is 0 Å². The third-order valence-corrected chi connectivity index (χ3v) is 8.73. The van der Waals surface area contributed by atoms with Crippen molar-refractivity contribution in [1.29, 1.82) is 0 Å². The SMILES string of the molecule is CC\C=C/C=C\C=C/C=C\C=C\C=C/CCCCCC(=O)OCC(COC(=O)CCC/C=C\CCCCCC)OC(=O)CC/C=C\C/C=C\C/C=C\C/C=C\C/C=C\CC. The summed E-state index contributed by atoms with van der Waals surface area (Å²) in [4.78, 5) is 37.7. The van der Waals surface area contributed by atoms with Gasteiger partial charge in [0.15, 0.2) is 6.10 Å². The van der Waals surface area contributed by atoms with Crippen LogP contribution in [0.1, 0.15) is 156 Å². The van der Waals surface area contributed by atoms with Crippen LogP contribution in [0.2, 0.25) is 0 Å². The van der Waals surface area contributed by atoms with Gasteiger partial charge >= 0.3 is 17.9 Å². The molecule has 0 aromatic rings. The lowest BCUT2D eigenvalue weighted by atomic mass is 10.1. The van der Waals surface area contributed by atoms with Crippen LogP contribution in [0.3, 0.4) is 0 Å². The van der Waals surface area contributed by atoms with E-state index in [-0.39, 0.29) is 44.4 Å². The number of hydrogen-bond donors (Lipinski definition) is 0. The van der Waals surface area contributed by atoms with Crippen LogP contribution in [0, 0.1) is 0 Å². The van der Waals surface area contributed by atoms with Crippen LogP contribution in [0.25, 0.3) is 0 Å². The lowest BCUT2D eigenvalue weighted by molar-refractivity contribution is -0.166. The quantitative estimate of drug-likeness (QED) is 0.0203. The van der Waals surface area contributed by atoms with E-state index in [2.05, 4.69) is 93.7 Å². The molecule has 0 aliphatic rings. The van der Waals surface area contributed by atoms with Gasteiger partial charge in [-0.2, -0.15) is 0 Å². The number of esters is 3. The minimum atomic E-state index is -0.851. The summed E-state index contributed by atoms with van der Waals surface area (Å²) in [6, 6.07) is 0. The lowest BCUT2D eigenvalue weighted by Gasteiger charge is -2.18. The van der Waals surface area contributed by atoms with Crippen molar-refractivity contribution in [2.24, 2.45) is 0 Å². The molecule has 0 heterocycles. The Morgan fingerprint density at radius 2 is 0.783 bits per heavy atom. The highest BCUT2D eigenvalue weighted by atomic mass is 16.6. The first-order valence-electron chi connectivity index (χ1n) is 22.9. The van der Waals surface area contributed by atoms with Crippen LogP contribution in [-0.4, -0.2) is 37.2 Å². The standard InChI is InChI=1S/C54H80O6/c1-4-7-10-13-16-19-21-23-25-27-29-30-32-35-38-41-44-47-53(56)59-50-51(49-58-52(55)46-43-40-37-34-18-15-12-9-6-3)60-54(57)48-45-42-39-36-33-31-28-26-24-22-20-17-14-11-8-5-2/h7-8,10-11,13,16-17,19-21,23-27,29-34,37,39,42,51H,4-6,9,12,14-15,18,22,28,35-36,38,40-41,43-50H2,1-3H3/b10-7-,11-8-,16-13-,20-17-,21-19-,25-23-,26-24-,29-27+,32-30-,33-31-,37-34-,42-39-. The van der Waals surface area contributed by atoms with E-state index < -0.39 is 12.1 Å². The van der Waals surface area contributed by atoms with Crippen LogP contribution in [0.5, 0.6) is 0 Å². The molecule has 0 saturated heterocycles. The summed E-state index contributed by atoms with van der Waals surface area (Å²) < 4.78 is 16.5. The summed E-state index contributed by atoms with van der Waals surface area (Å²) in [6.07, 6.45) is 67.1. The Hall–Kier alpha value is -4.71. The van der Waals surface area contributed by atoms with Crippen molar-refractivity contribution in [3.05, 3.63) is 146 Å². The Bertz CT molecular complexity index is 1410. The maximum Gasteiger partial charge on any atom is 0.306 e. The Morgan fingerprint density at radius 1 is 0.367 bits per heavy atom. The largest absolute Gasteiger partial charge is 0.462 e. The first-order valence-corrected chi connectivity index (χ1v) is 22.9. The van der Waals surface area contributed by atoms with Gasteiger partial charge in [-0.05, 0) is 89.9 Å². The zero-order valence-corrected chi connectivity index (χ0v) is 37.6. The van der Waals surface area contributed by atoms with Crippen molar-refractivity contribution in [2.45, 2.75) is 162 Å². The van der Waals surface area contributed by atoms with Gasteiger partial charge in [-0.1, -0.05) is 192 Å². The normalized spacial score (nSPS) is 13.4. The van der Waals surface area contributed by atoms with E-state index >= 15 is 0 Å². The van der Waals surface area contributed by atoms with Crippen molar-refractivity contribution in [2.75, 3.05) is 13.2 Å². The van der Waals surface area contributed by atoms with Gasteiger partial charge in [-0.15, -0.1) is 0 Å². The fourth-order valence-electron chi connectivity index (χ4n) is 5.35. The van der Waals surface area contributed by atoms with Crippen molar-refractivity contribution in [3.8, 4) is 0 Å². The maximum absolute atomic E-state index is 12.7. The van der Waals surface area contributed by atoms with Gasteiger partial charge in [0.2, 0.25) is 0 Å². The highest BCUT2D eigenvalue weighted by Crippen LogP contribution is 2.09. The van der Waals surface area contributed by atoms with Crippen LogP contribution >= 0.6 is 0 Å². The molecule has 0 bridgehead atoms. The Morgan fingerprint density at radius 3 is 1.32 bits per heavy atom. The molecule has 0 aromatic carbocycles. The van der Waals surface area contributed by atoms with Gasteiger partial charge in [0, 0.05) is 19.3 Å². The second-order valence-electron chi connectivity index (χ2n) is 14.3. The molecule has 0 aliphatic heterocycles. The third kappa shape index (κ3) is 44.4. The molecule has 0 aromatic heterocycles. The van der Waals surface area contributed by atoms with Gasteiger partial charge < -0.3 is 14.2 Å². The van der Waals surface area contributed by atoms with Crippen LogP contribution < -0.4 is 0 Å². The summed E-state index contributed by atoms with van der Waals surface area (Å²) in [5, 5.41) is 0. The van der Waals surface area contributed by atoms with E-state index in [0.717, 1.165) is 70.6 Å². The minimum absolute atomic E-state index is 0.144. The summed E-state index contributed by atoms with van der Waals surface area (Å²) in [5.41, 5.74) is 0. The molecular formula is C54H80O6. The Balaban J connectivity index is 4.63. The predicted octanol–water partition coefficient (Wildman–Crippen LogP) is 14.9. The number of ether oxygens (including phenoxy) is 3. The van der Waals surface area contributed by atoms with Gasteiger partial charge in [0.25, 0.3) is 0 Å². The summed E-state index contributed by atoms with van der Waals surface area (Å²) in [7, 11) is 0. The number of carbonyl (C=O) groups is 3. The molecule has 0 amide bonds. The van der Waals surface area contributed by atoms with E-state index in [1.165, 1.54) is 25.7 Å². The molecule has 0 N–H and O–H groups in total. The van der Waals surface area contributed by atoms with Crippen LogP contribution in [0.15, 0.2) is 146 Å². The highest BCUT2D eigenvalue weighted by molar-refractivity contribution is 5.71. The van der Waals surface area contributed by atoms with Crippen LogP contribution in [-0.2, 0) is 28.6 Å². The molecule has 1 atom stereocenters. The minimum Gasteiger partial charge on any atom is -0.462 e. The van der Waals surface area contributed by atoms with Crippen molar-refractivity contribution < 1.29 is 28.6 Å². The monoisotopic (exact) mass is 825 g/mol. The second kappa shape index (κ2) is 47.0. The van der Waals surface area contributed by atoms with Gasteiger partial charge in [0.05, 0.1) is 0 Å². The third-order valence-electron chi connectivity index (χ3n) is 8.73. The molecular weight excluding hydrogens is 745 g/mol. The number of unbranched alkanes of at least 4 members (excludes halogenated alkanes) is 8. The van der Waals surface area contributed by atoms with E-state index in [9.17, 15) is 14.4 Å². The molecule has 0 aliphatic carbocycles. The molecule has 60 heavy (non-hydrogen) atoms. The molecule has 0 spiro atoms. The first-order chi connectivity index (χ1) is 29.5. The van der Waals surface area contributed by atoms with Crippen molar-refractivity contribution in [1.82, 2.24) is 0 Å². The zero-order valence-electron chi connectivity index (χ0n) is 37.6. The molecule has 6 heteroatoms. The molecule has 332 valence electrons. The summed E-state index contributed by atoms with van der Waals surface area (Å²) >= 11 is 0. The fourth-order valence-corrected chi connectivity index (χ4v) is 5.35. The van der Waals surface area contributed by atoms with Gasteiger partial charge in [0.1, 0.15) is 13.2 Å². The van der Waals surface area contributed by atoms with E-state index in [1.807, 2.05) is 72.9 Å². The molecule has 1 unspecified atom stereocenters. The fraction of sp³-hybridized carbons (Fsp3) is 0.500. The first kappa shape index (κ1) is 55.3. The number of allylic oxidation sites excluding steroid dienone is 24. The number of carbonyl (C=O) groups excluding carboxylic acids is 3. The predicted molar refractivity (Wildman–Crippen MR) is 255 cm³/mol. The molecule has 0 rings (SSSR count).